The molecule has 0 bridgehead atoms. The lowest BCUT2D eigenvalue weighted by Crippen LogP contribution is -2.43. The van der Waals surface area contributed by atoms with E-state index in [0.717, 1.165) is 6.20 Å². The molecule has 0 aliphatic rings. The third kappa shape index (κ3) is 6.66. The van der Waals surface area contributed by atoms with Crippen molar-refractivity contribution in [2.24, 2.45) is 0 Å². The van der Waals surface area contributed by atoms with E-state index in [9.17, 15) is 14.3 Å². The summed E-state index contributed by atoms with van der Waals surface area (Å²) in [6, 6.07) is 6.38. The molecule has 0 saturated carbocycles. The molecule has 1 heterocycles. The highest BCUT2D eigenvalue weighted by Gasteiger charge is 2.14. The Morgan fingerprint density at radius 1 is 1.29 bits per heavy atom. The maximum absolute atomic E-state index is 13.9. The maximum Gasteiger partial charge on any atom is 0.319 e. The van der Waals surface area contributed by atoms with Gasteiger partial charge < -0.3 is 26.4 Å². The molecule has 1 aromatic heterocycles. The molecule has 0 spiro atoms. The Bertz CT molecular complexity index is 805. The third-order valence-electron chi connectivity index (χ3n) is 3.66. The number of carbonyl (C=O) groups is 1. The van der Waals surface area contributed by atoms with Crippen molar-refractivity contribution in [3.05, 3.63) is 36.3 Å². The van der Waals surface area contributed by atoms with E-state index in [1.54, 1.807) is 24.3 Å². The zero-order valence-corrected chi connectivity index (χ0v) is 16.5. The van der Waals surface area contributed by atoms with E-state index in [0.29, 0.717) is 17.8 Å². The molecule has 0 aliphatic heterocycles. The van der Waals surface area contributed by atoms with Gasteiger partial charge in [-0.05, 0) is 45.4 Å². The molecule has 2 rings (SSSR count). The SMILES string of the molecule is CC[C@@H](CO)Nc1nc(Nc2cccc(NC(=O)NC(C)(C)C)c2)ncc1F. The van der Waals surface area contributed by atoms with Crippen LogP contribution < -0.4 is 21.3 Å². The Labute approximate surface area is 164 Å². The summed E-state index contributed by atoms with van der Waals surface area (Å²) in [5, 5.41) is 20.7. The second-order valence-electron chi connectivity index (χ2n) is 7.36. The number of nitrogens with one attached hydrogen (secondary N) is 4. The van der Waals surface area contributed by atoms with Gasteiger partial charge in [0.05, 0.1) is 18.8 Å². The first kappa shape index (κ1) is 21.4. The first-order valence-corrected chi connectivity index (χ1v) is 9.06. The van der Waals surface area contributed by atoms with Crippen LogP contribution in [0.1, 0.15) is 34.1 Å². The Morgan fingerprint density at radius 2 is 2.00 bits per heavy atom. The Balaban J connectivity index is 2.10. The molecule has 0 aliphatic carbocycles. The molecule has 5 N–H and O–H groups in total. The van der Waals surface area contributed by atoms with E-state index < -0.39 is 5.82 Å². The van der Waals surface area contributed by atoms with Gasteiger partial charge in [-0.1, -0.05) is 13.0 Å². The summed E-state index contributed by atoms with van der Waals surface area (Å²) < 4.78 is 13.9. The first-order valence-electron chi connectivity index (χ1n) is 9.06. The summed E-state index contributed by atoms with van der Waals surface area (Å²) in [6.07, 6.45) is 1.67. The van der Waals surface area contributed by atoms with Gasteiger partial charge >= 0.3 is 6.03 Å². The number of benzene rings is 1. The standard InChI is InChI=1S/C19H27FN6O2/c1-5-12(11-27)22-16-15(20)10-21-17(25-16)23-13-7-6-8-14(9-13)24-18(28)26-19(2,3)4/h6-10,12,27H,5,11H2,1-4H3,(H2,24,26,28)(H2,21,22,23,25)/t12-/m0/s1. The molecule has 0 unspecified atom stereocenters. The number of urea groups is 1. The zero-order chi connectivity index (χ0) is 20.7. The molecule has 9 heteroatoms. The second-order valence-corrected chi connectivity index (χ2v) is 7.36. The molecule has 2 aromatic rings. The lowest BCUT2D eigenvalue weighted by atomic mass is 10.1. The van der Waals surface area contributed by atoms with E-state index >= 15 is 0 Å². The van der Waals surface area contributed by atoms with Crippen LogP contribution in [0.4, 0.5) is 32.3 Å². The molecule has 8 nitrogen and oxygen atoms in total. The summed E-state index contributed by atoms with van der Waals surface area (Å²) in [7, 11) is 0. The van der Waals surface area contributed by atoms with E-state index in [1.165, 1.54) is 0 Å². The number of carbonyl (C=O) groups excluding carboxylic acids is 1. The number of halogens is 1. The minimum atomic E-state index is -0.605. The van der Waals surface area contributed by atoms with Crippen molar-refractivity contribution in [2.75, 3.05) is 22.6 Å². The summed E-state index contributed by atoms with van der Waals surface area (Å²) in [5.41, 5.74) is 0.856. The van der Waals surface area contributed by atoms with Crippen molar-refractivity contribution in [3.63, 3.8) is 0 Å². The molecule has 0 fully saturated rings. The highest BCUT2D eigenvalue weighted by molar-refractivity contribution is 5.90. The maximum atomic E-state index is 13.9. The van der Waals surface area contributed by atoms with Crippen LogP contribution in [0.25, 0.3) is 0 Å². The lowest BCUT2D eigenvalue weighted by molar-refractivity contribution is 0.244. The molecule has 0 saturated heterocycles. The Kier molecular flexibility index (Phi) is 7.11. The Hall–Kier alpha value is -2.94. The van der Waals surface area contributed by atoms with Gasteiger partial charge in [0.25, 0.3) is 0 Å². The van der Waals surface area contributed by atoms with E-state index in [1.807, 2.05) is 27.7 Å². The quantitative estimate of drug-likeness (QED) is 0.495. The predicted octanol–water partition coefficient (Wildman–Crippen LogP) is 3.46. The van der Waals surface area contributed by atoms with Gasteiger partial charge in [-0.15, -0.1) is 0 Å². The number of amides is 2. The van der Waals surface area contributed by atoms with Crippen LogP contribution in [0.3, 0.4) is 0 Å². The van der Waals surface area contributed by atoms with Gasteiger partial charge in [-0.25, -0.2) is 14.2 Å². The average molecular weight is 390 g/mol. The van der Waals surface area contributed by atoms with Crippen molar-refractivity contribution >= 4 is 29.2 Å². The van der Waals surface area contributed by atoms with Gasteiger partial charge in [0, 0.05) is 16.9 Å². The van der Waals surface area contributed by atoms with E-state index in [2.05, 4.69) is 31.2 Å². The van der Waals surface area contributed by atoms with E-state index in [4.69, 9.17) is 0 Å². The van der Waals surface area contributed by atoms with Crippen LogP contribution >= 0.6 is 0 Å². The average Bonchev–Trinajstić information content (AvgIpc) is 2.60. The molecule has 28 heavy (non-hydrogen) atoms. The second kappa shape index (κ2) is 9.32. The van der Waals surface area contributed by atoms with Crippen molar-refractivity contribution in [3.8, 4) is 0 Å². The number of aliphatic hydroxyl groups is 1. The van der Waals surface area contributed by atoms with Crippen molar-refractivity contribution < 1.29 is 14.3 Å². The van der Waals surface area contributed by atoms with Gasteiger partial charge in [0.2, 0.25) is 5.95 Å². The minimum absolute atomic E-state index is 0.0113. The number of nitrogens with zero attached hydrogens (tertiary/aromatic N) is 2. The zero-order valence-electron chi connectivity index (χ0n) is 16.5. The van der Waals surface area contributed by atoms with Crippen LogP contribution in [0.5, 0.6) is 0 Å². The Morgan fingerprint density at radius 3 is 2.64 bits per heavy atom. The van der Waals surface area contributed by atoms with Crippen LogP contribution in [-0.2, 0) is 0 Å². The van der Waals surface area contributed by atoms with Crippen molar-refractivity contribution in [1.29, 1.82) is 0 Å². The fourth-order valence-electron chi connectivity index (χ4n) is 2.31. The van der Waals surface area contributed by atoms with Gasteiger partial charge in [-0.3, -0.25) is 0 Å². The molecule has 0 radical (unpaired) electrons. The summed E-state index contributed by atoms with van der Waals surface area (Å²) in [5.74, 6) is -0.406. The fraction of sp³-hybridized carbons (Fsp3) is 0.421. The number of aromatic nitrogens is 2. The largest absolute Gasteiger partial charge is 0.394 e. The predicted molar refractivity (Wildman–Crippen MR) is 108 cm³/mol. The summed E-state index contributed by atoms with van der Waals surface area (Å²) in [6.45, 7) is 7.42. The summed E-state index contributed by atoms with van der Waals surface area (Å²) >= 11 is 0. The molecule has 1 atom stereocenters. The molecule has 1 aromatic carbocycles. The number of hydrogen-bond acceptors (Lipinski definition) is 6. The molecule has 152 valence electrons. The van der Waals surface area contributed by atoms with Crippen molar-refractivity contribution in [1.82, 2.24) is 15.3 Å². The third-order valence-corrected chi connectivity index (χ3v) is 3.66. The van der Waals surface area contributed by atoms with Gasteiger partial charge in [0.15, 0.2) is 11.6 Å². The normalized spacial score (nSPS) is 12.2. The molecular weight excluding hydrogens is 363 g/mol. The number of hydrogen-bond donors (Lipinski definition) is 5. The molecule has 2 amide bonds. The summed E-state index contributed by atoms with van der Waals surface area (Å²) in [4.78, 5) is 20.1. The molecular formula is C19H27FN6O2. The fourth-order valence-corrected chi connectivity index (χ4v) is 2.31. The van der Waals surface area contributed by atoms with Gasteiger partial charge in [-0.2, -0.15) is 4.98 Å². The van der Waals surface area contributed by atoms with Crippen LogP contribution in [0.2, 0.25) is 0 Å². The topological polar surface area (TPSA) is 111 Å². The lowest BCUT2D eigenvalue weighted by Gasteiger charge is -2.21. The number of rotatable bonds is 7. The monoisotopic (exact) mass is 390 g/mol. The minimum Gasteiger partial charge on any atom is -0.394 e. The van der Waals surface area contributed by atoms with Crippen molar-refractivity contribution in [2.45, 2.75) is 45.7 Å². The highest BCUT2D eigenvalue weighted by atomic mass is 19.1. The van der Waals surface area contributed by atoms with Crippen LogP contribution in [-0.4, -0.2) is 39.3 Å². The van der Waals surface area contributed by atoms with Crippen LogP contribution in [0, 0.1) is 5.82 Å². The first-order chi connectivity index (χ1) is 13.2. The number of aliphatic hydroxyl groups excluding tert-OH is 1. The van der Waals surface area contributed by atoms with Gasteiger partial charge in [0.1, 0.15) is 0 Å². The highest BCUT2D eigenvalue weighted by Crippen LogP contribution is 2.20. The van der Waals surface area contributed by atoms with E-state index in [-0.39, 0.29) is 36.0 Å². The van der Waals surface area contributed by atoms with Crippen LogP contribution in [0.15, 0.2) is 30.5 Å². The smallest absolute Gasteiger partial charge is 0.319 e. The number of anilines is 4.